The molecule has 0 spiro atoms. The lowest BCUT2D eigenvalue weighted by Crippen LogP contribution is -2.33. The number of ketones is 1. The predicted octanol–water partition coefficient (Wildman–Crippen LogP) is 3.30. The molecular weight excluding hydrogens is 364 g/mol. The van der Waals surface area contributed by atoms with Gasteiger partial charge in [-0.2, -0.15) is 0 Å². The van der Waals surface area contributed by atoms with Crippen LogP contribution < -0.4 is 9.62 Å². The zero-order valence-electron chi connectivity index (χ0n) is 15.9. The zero-order chi connectivity index (χ0) is 20.2. The summed E-state index contributed by atoms with van der Waals surface area (Å²) in [6.45, 7) is 5.40. The Hall–Kier alpha value is -2.67. The Morgan fingerprint density at radius 2 is 1.63 bits per heavy atom. The maximum Gasteiger partial charge on any atom is 0.232 e. The number of amides is 1. The van der Waals surface area contributed by atoms with Crippen LogP contribution in [0.4, 0.5) is 11.4 Å². The van der Waals surface area contributed by atoms with Gasteiger partial charge in [0.1, 0.15) is 0 Å². The Bertz CT molecular complexity index is 950. The molecule has 6 nitrogen and oxygen atoms in total. The lowest BCUT2D eigenvalue weighted by molar-refractivity contribution is -0.116. The second-order valence-electron chi connectivity index (χ2n) is 6.54. The van der Waals surface area contributed by atoms with Crippen LogP contribution in [0.3, 0.4) is 0 Å². The highest BCUT2D eigenvalue weighted by Crippen LogP contribution is 2.20. The summed E-state index contributed by atoms with van der Waals surface area (Å²) in [5, 5.41) is 2.79. The molecule has 0 atom stereocenters. The quantitative estimate of drug-likeness (QED) is 0.738. The van der Waals surface area contributed by atoms with Crippen molar-refractivity contribution in [2.45, 2.75) is 27.2 Å². The molecule has 0 aliphatic heterocycles. The smallest absolute Gasteiger partial charge is 0.232 e. The molecular formula is C20H24N2O4S. The van der Waals surface area contributed by atoms with E-state index in [1.807, 2.05) is 32.0 Å². The fraction of sp³-hybridized carbons (Fsp3) is 0.300. The van der Waals surface area contributed by atoms with Crippen LogP contribution in [0, 0.1) is 13.8 Å². The first kappa shape index (κ1) is 20.6. The zero-order valence-corrected chi connectivity index (χ0v) is 16.8. The summed E-state index contributed by atoms with van der Waals surface area (Å²) >= 11 is 0. The van der Waals surface area contributed by atoms with E-state index in [1.165, 1.54) is 6.92 Å². The third-order valence-electron chi connectivity index (χ3n) is 4.29. The van der Waals surface area contributed by atoms with Gasteiger partial charge in [-0.15, -0.1) is 0 Å². The second kappa shape index (κ2) is 8.35. The normalized spacial score (nSPS) is 11.1. The van der Waals surface area contributed by atoms with Gasteiger partial charge in [0.25, 0.3) is 0 Å². The molecule has 144 valence electrons. The minimum atomic E-state index is -3.56. The monoisotopic (exact) mass is 388 g/mol. The van der Waals surface area contributed by atoms with Gasteiger partial charge in [-0.3, -0.25) is 13.9 Å². The van der Waals surface area contributed by atoms with E-state index in [0.717, 1.165) is 21.7 Å². The molecule has 0 fully saturated rings. The number of nitrogens with one attached hydrogen (secondary N) is 1. The van der Waals surface area contributed by atoms with Crippen molar-refractivity contribution in [1.82, 2.24) is 0 Å². The van der Waals surface area contributed by atoms with E-state index in [0.29, 0.717) is 16.9 Å². The first-order valence-electron chi connectivity index (χ1n) is 8.54. The summed E-state index contributed by atoms with van der Waals surface area (Å²) < 4.78 is 25.4. The van der Waals surface area contributed by atoms with E-state index in [1.54, 1.807) is 24.3 Å². The number of nitrogens with zero attached hydrogens (tertiary/aromatic N) is 1. The highest BCUT2D eigenvalue weighted by molar-refractivity contribution is 7.92. The molecule has 27 heavy (non-hydrogen) atoms. The maximum absolute atomic E-state index is 12.2. The van der Waals surface area contributed by atoms with Crippen molar-refractivity contribution >= 4 is 33.1 Å². The Balaban J connectivity index is 2.09. The lowest BCUT2D eigenvalue weighted by Gasteiger charge is -2.22. The van der Waals surface area contributed by atoms with Gasteiger partial charge in [-0.25, -0.2) is 8.42 Å². The number of anilines is 2. The molecule has 0 unspecified atom stereocenters. The van der Waals surface area contributed by atoms with Crippen molar-refractivity contribution < 1.29 is 18.0 Å². The van der Waals surface area contributed by atoms with E-state index >= 15 is 0 Å². The average Bonchev–Trinajstić information content (AvgIpc) is 2.57. The van der Waals surface area contributed by atoms with Crippen LogP contribution >= 0.6 is 0 Å². The molecule has 7 heteroatoms. The topological polar surface area (TPSA) is 83.6 Å². The number of carbonyl (C=O) groups is 2. The minimum absolute atomic E-state index is 0.00839. The summed E-state index contributed by atoms with van der Waals surface area (Å²) in [5.41, 5.74) is 3.79. The largest absolute Gasteiger partial charge is 0.326 e. The van der Waals surface area contributed by atoms with Crippen LogP contribution in [-0.4, -0.2) is 32.9 Å². The number of Topliss-reactive ketones (excluding diaryl/α,β-unsaturated/α-hetero) is 1. The summed E-state index contributed by atoms with van der Waals surface area (Å²) in [5.74, 6) is -0.368. The lowest BCUT2D eigenvalue weighted by atomic mass is 10.1. The van der Waals surface area contributed by atoms with Crippen molar-refractivity contribution in [3.8, 4) is 0 Å². The van der Waals surface area contributed by atoms with Crippen molar-refractivity contribution in [1.29, 1.82) is 0 Å². The van der Waals surface area contributed by atoms with E-state index in [9.17, 15) is 18.0 Å². The Kier molecular flexibility index (Phi) is 6.38. The van der Waals surface area contributed by atoms with E-state index < -0.39 is 10.0 Å². The predicted molar refractivity (Wildman–Crippen MR) is 108 cm³/mol. The number of sulfonamides is 1. The number of hydrogen-bond donors (Lipinski definition) is 1. The molecule has 0 saturated heterocycles. The van der Waals surface area contributed by atoms with Gasteiger partial charge in [-0.05, 0) is 68.3 Å². The van der Waals surface area contributed by atoms with Crippen LogP contribution in [0.5, 0.6) is 0 Å². The van der Waals surface area contributed by atoms with Gasteiger partial charge in [0, 0.05) is 24.2 Å². The fourth-order valence-corrected chi connectivity index (χ4v) is 3.52. The molecule has 1 amide bonds. The Labute approximate surface area is 160 Å². The van der Waals surface area contributed by atoms with Gasteiger partial charge in [0.05, 0.1) is 11.9 Å². The van der Waals surface area contributed by atoms with Crippen molar-refractivity contribution in [2.75, 3.05) is 22.4 Å². The highest BCUT2D eigenvalue weighted by atomic mass is 32.2. The number of benzene rings is 2. The number of carbonyl (C=O) groups excluding carboxylic acids is 2. The van der Waals surface area contributed by atoms with E-state index in [-0.39, 0.29) is 24.7 Å². The Morgan fingerprint density at radius 1 is 1.00 bits per heavy atom. The highest BCUT2D eigenvalue weighted by Gasteiger charge is 2.19. The van der Waals surface area contributed by atoms with Crippen LogP contribution in [0.25, 0.3) is 0 Å². The van der Waals surface area contributed by atoms with Crippen molar-refractivity contribution in [3.63, 3.8) is 0 Å². The average molecular weight is 388 g/mol. The number of hydrogen-bond acceptors (Lipinski definition) is 4. The summed E-state index contributed by atoms with van der Waals surface area (Å²) in [4.78, 5) is 23.6. The minimum Gasteiger partial charge on any atom is -0.326 e. The van der Waals surface area contributed by atoms with Gasteiger partial charge in [0.15, 0.2) is 5.78 Å². The van der Waals surface area contributed by atoms with Crippen molar-refractivity contribution in [3.05, 3.63) is 59.2 Å². The molecule has 2 rings (SSSR count). The fourth-order valence-electron chi connectivity index (χ4n) is 2.59. The van der Waals surface area contributed by atoms with E-state index in [2.05, 4.69) is 5.32 Å². The molecule has 0 aromatic heterocycles. The third kappa shape index (κ3) is 5.65. The first-order valence-corrected chi connectivity index (χ1v) is 10.4. The van der Waals surface area contributed by atoms with Crippen LogP contribution in [0.15, 0.2) is 42.5 Å². The standard InChI is InChI=1S/C20H24N2O4S/c1-14-5-8-18(13-15(14)2)21-20(24)11-12-22(27(4,25)26)19-9-6-17(7-10-19)16(3)23/h5-10,13H,11-12H2,1-4H3,(H,21,24). The molecule has 2 aromatic carbocycles. The van der Waals surface area contributed by atoms with Gasteiger partial charge >= 0.3 is 0 Å². The molecule has 0 bridgehead atoms. The van der Waals surface area contributed by atoms with Gasteiger partial charge in [-0.1, -0.05) is 6.07 Å². The third-order valence-corrected chi connectivity index (χ3v) is 5.49. The second-order valence-corrected chi connectivity index (χ2v) is 8.44. The summed E-state index contributed by atoms with van der Waals surface area (Å²) in [6, 6.07) is 11.9. The molecule has 0 radical (unpaired) electrons. The molecule has 0 saturated carbocycles. The maximum atomic E-state index is 12.2. The molecule has 2 aromatic rings. The SMILES string of the molecule is CC(=O)c1ccc(N(CCC(=O)Nc2ccc(C)c(C)c2)S(C)(=O)=O)cc1. The molecule has 0 aliphatic rings. The van der Waals surface area contributed by atoms with Gasteiger partial charge in [0.2, 0.25) is 15.9 Å². The first-order chi connectivity index (χ1) is 12.6. The van der Waals surface area contributed by atoms with Crippen molar-refractivity contribution in [2.24, 2.45) is 0 Å². The molecule has 0 heterocycles. The van der Waals surface area contributed by atoms with Gasteiger partial charge < -0.3 is 5.32 Å². The molecule has 1 N–H and O–H groups in total. The number of rotatable bonds is 7. The Morgan fingerprint density at radius 3 is 2.15 bits per heavy atom. The van der Waals surface area contributed by atoms with E-state index in [4.69, 9.17) is 0 Å². The summed E-state index contributed by atoms with van der Waals surface area (Å²) in [6.07, 6.45) is 1.10. The summed E-state index contributed by atoms with van der Waals surface area (Å²) in [7, 11) is -3.56. The van der Waals surface area contributed by atoms with Crippen LogP contribution in [-0.2, 0) is 14.8 Å². The number of aryl methyl sites for hydroxylation is 2. The van der Waals surface area contributed by atoms with Crippen LogP contribution in [0.2, 0.25) is 0 Å². The van der Waals surface area contributed by atoms with Crippen LogP contribution in [0.1, 0.15) is 34.8 Å². The molecule has 0 aliphatic carbocycles.